The van der Waals surface area contributed by atoms with Crippen LogP contribution in [0.2, 0.25) is 0 Å². The molecule has 0 saturated carbocycles. The van der Waals surface area contributed by atoms with Gasteiger partial charge in [0.1, 0.15) is 4.90 Å². The van der Waals surface area contributed by atoms with Gasteiger partial charge in [0.2, 0.25) is 10.0 Å². The molecule has 6 nitrogen and oxygen atoms in total. The number of sulfonamides is 1. The van der Waals surface area contributed by atoms with Gasteiger partial charge in [-0.15, -0.1) is 0 Å². The maximum atomic E-state index is 11.4. The van der Waals surface area contributed by atoms with Gasteiger partial charge in [-0.3, -0.25) is 9.31 Å². The highest BCUT2D eigenvalue weighted by molar-refractivity contribution is 7.89. The molecular formula is C6H11N3O3S2. The second-order valence-electron chi connectivity index (χ2n) is 2.61. The average Bonchev–Trinajstić information content (AvgIpc) is 2.54. The minimum absolute atomic E-state index is 0.0828. The summed E-state index contributed by atoms with van der Waals surface area (Å²) >= 11 is 0. The van der Waals surface area contributed by atoms with E-state index in [0.29, 0.717) is 5.75 Å². The van der Waals surface area contributed by atoms with Crippen LogP contribution < -0.4 is 4.72 Å². The summed E-state index contributed by atoms with van der Waals surface area (Å²) < 4.78 is 35.8. The van der Waals surface area contributed by atoms with Crippen molar-refractivity contribution in [3.8, 4) is 0 Å². The highest BCUT2D eigenvalue weighted by atomic mass is 32.2. The van der Waals surface area contributed by atoms with Crippen LogP contribution in [0.5, 0.6) is 0 Å². The molecule has 1 atom stereocenters. The van der Waals surface area contributed by atoms with Gasteiger partial charge >= 0.3 is 0 Å². The summed E-state index contributed by atoms with van der Waals surface area (Å²) in [5.74, 6) is 0.303. The minimum Gasteiger partial charge on any atom is -0.284 e. The fraction of sp³-hybridized carbons (Fsp3) is 0.500. The number of H-pyrrole nitrogens is 1. The van der Waals surface area contributed by atoms with Gasteiger partial charge in [-0.1, -0.05) is 0 Å². The predicted octanol–water partition coefficient (Wildman–Crippen LogP) is -0.933. The first kappa shape index (κ1) is 11.3. The van der Waals surface area contributed by atoms with Gasteiger partial charge in [0, 0.05) is 35.5 Å². The summed E-state index contributed by atoms with van der Waals surface area (Å²) in [6.07, 6.45) is 4.02. The predicted molar refractivity (Wildman–Crippen MR) is 52.7 cm³/mol. The summed E-state index contributed by atoms with van der Waals surface area (Å²) in [7, 11) is -4.49. The maximum Gasteiger partial charge on any atom is 0.243 e. The molecule has 0 aliphatic heterocycles. The smallest absolute Gasteiger partial charge is 0.243 e. The molecule has 0 aliphatic rings. The van der Waals surface area contributed by atoms with Crippen molar-refractivity contribution in [3.63, 3.8) is 0 Å². The van der Waals surface area contributed by atoms with Crippen LogP contribution in [0.15, 0.2) is 17.3 Å². The quantitative estimate of drug-likeness (QED) is 0.692. The van der Waals surface area contributed by atoms with Crippen molar-refractivity contribution in [2.24, 2.45) is 0 Å². The molecule has 0 aromatic carbocycles. The van der Waals surface area contributed by atoms with Crippen molar-refractivity contribution in [1.29, 1.82) is 0 Å². The molecule has 0 amide bonds. The third-order valence-electron chi connectivity index (χ3n) is 1.47. The first-order valence-electron chi connectivity index (χ1n) is 3.81. The van der Waals surface area contributed by atoms with E-state index in [-0.39, 0.29) is 11.4 Å². The van der Waals surface area contributed by atoms with E-state index in [4.69, 9.17) is 0 Å². The molecule has 0 fully saturated rings. The summed E-state index contributed by atoms with van der Waals surface area (Å²) in [5.41, 5.74) is 0. The SMILES string of the molecule is CS(=O)CCNS(=O)(=O)c1cn[nH]c1. The Morgan fingerprint density at radius 1 is 1.64 bits per heavy atom. The van der Waals surface area contributed by atoms with Crippen molar-refractivity contribution in [3.05, 3.63) is 12.4 Å². The highest BCUT2D eigenvalue weighted by Gasteiger charge is 2.13. The van der Waals surface area contributed by atoms with Crippen LogP contribution in [0.25, 0.3) is 0 Å². The lowest BCUT2D eigenvalue weighted by atomic mass is 10.7. The van der Waals surface area contributed by atoms with Crippen molar-refractivity contribution in [2.45, 2.75) is 4.90 Å². The number of rotatable bonds is 5. The fourth-order valence-corrected chi connectivity index (χ4v) is 2.24. The maximum absolute atomic E-state index is 11.4. The van der Waals surface area contributed by atoms with Gasteiger partial charge in [0.05, 0.1) is 6.20 Å². The summed E-state index contributed by atoms with van der Waals surface area (Å²) in [4.78, 5) is 0.0828. The first-order valence-corrected chi connectivity index (χ1v) is 7.02. The van der Waals surface area contributed by atoms with Crippen LogP contribution in [0.1, 0.15) is 0 Å². The zero-order valence-corrected chi connectivity index (χ0v) is 9.19. The molecule has 1 aromatic rings. The lowest BCUT2D eigenvalue weighted by Gasteiger charge is -2.02. The molecule has 1 heterocycles. The number of nitrogens with one attached hydrogen (secondary N) is 2. The Bertz CT molecular complexity index is 398. The Morgan fingerprint density at radius 3 is 2.86 bits per heavy atom. The highest BCUT2D eigenvalue weighted by Crippen LogP contribution is 2.03. The Balaban J connectivity index is 2.56. The van der Waals surface area contributed by atoms with Crippen LogP contribution >= 0.6 is 0 Å². The molecule has 0 aliphatic carbocycles. The van der Waals surface area contributed by atoms with Crippen LogP contribution in [0.3, 0.4) is 0 Å². The molecule has 2 N–H and O–H groups in total. The van der Waals surface area contributed by atoms with Crippen LogP contribution in [-0.2, 0) is 20.8 Å². The molecule has 80 valence electrons. The van der Waals surface area contributed by atoms with Crippen LogP contribution in [-0.4, -0.2) is 41.4 Å². The number of hydrogen-bond acceptors (Lipinski definition) is 4. The van der Waals surface area contributed by atoms with Crippen molar-refractivity contribution in [1.82, 2.24) is 14.9 Å². The van der Waals surface area contributed by atoms with Crippen molar-refractivity contribution >= 4 is 20.8 Å². The average molecular weight is 237 g/mol. The largest absolute Gasteiger partial charge is 0.284 e. The van der Waals surface area contributed by atoms with Gasteiger partial charge in [0.25, 0.3) is 0 Å². The van der Waals surface area contributed by atoms with Gasteiger partial charge in [0.15, 0.2) is 0 Å². The Labute approximate surface area is 84.6 Å². The van der Waals surface area contributed by atoms with E-state index in [1.165, 1.54) is 18.6 Å². The summed E-state index contributed by atoms with van der Waals surface area (Å²) in [5, 5.41) is 5.93. The molecular weight excluding hydrogens is 226 g/mol. The minimum atomic E-state index is -3.49. The van der Waals surface area contributed by atoms with Crippen molar-refractivity contribution < 1.29 is 12.6 Å². The number of nitrogens with zero attached hydrogens (tertiary/aromatic N) is 1. The standard InChI is InChI=1S/C6H11N3O3S2/c1-13(10)3-2-9-14(11,12)6-4-7-8-5-6/h4-5,9H,2-3H2,1H3,(H,7,8). The molecule has 8 heteroatoms. The monoisotopic (exact) mass is 237 g/mol. The fourth-order valence-electron chi connectivity index (χ4n) is 0.789. The van der Waals surface area contributed by atoms with Gasteiger partial charge in [-0.2, -0.15) is 5.10 Å². The van der Waals surface area contributed by atoms with E-state index >= 15 is 0 Å². The van der Waals surface area contributed by atoms with Crippen molar-refractivity contribution in [2.75, 3.05) is 18.6 Å². The normalized spacial score (nSPS) is 14.1. The molecule has 14 heavy (non-hydrogen) atoms. The lowest BCUT2D eigenvalue weighted by Crippen LogP contribution is -2.27. The lowest BCUT2D eigenvalue weighted by molar-refractivity contribution is 0.584. The van der Waals surface area contributed by atoms with E-state index in [9.17, 15) is 12.6 Å². The van der Waals surface area contributed by atoms with E-state index < -0.39 is 20.8 Å². The number of hydrogen-bond donors (Lipinski definition) is 2. The Morgan fingerprint density at radius 2 is 2.36 bits per heavy atom. The second kappa shape index (κ2) is 4.67. The molecule has 0 spiro atoms. The summed E-state index contributed by atoms with van der Waals surface area (Å²) in [6, 6.07) is 0. The molecule has 1 aromatic heterocycles. The molecule has 1 rings (SSSR count). The van der Waals surface area contributed by atoms with Crippen LogP contribution in [0.4, 0.5) is 0 Å². The second-order valence-corrected chi connectivity index (χ2v) is 5.93. The topological polar surface area (TPSA) is 91.9 Å². The first-order chi connectivity index (χ1) is 6.52. The zero-order valence-electron chi connectivity index (χ0n) is 7.56. The Kier molecular flexibility index (Phi) is 3.78. The molecule has 0 radical (unpaired) electrons. The third kappa shape index (κ3) is 3.20. The van der Waals surface area contributed by atoms with E-state index in [0.717, 1.165) is 0 Å². The van der Waals surface area contributed by atoms with E-state index in [1.54, 1.807) is 0 Å². The van der Waals surface area contributed by atoms with Gasteiger partial charge in [-0.05, 0) is 0 Å². The van der Waals surface area contributed by atoms with Crippen LogP contribution in [0, 0.1) is 0 Å². The van der Waals surface area contributed by atoms with E-state index in [2.05, 4.69) is 14.9 Å². The Hall–Kier alpha value is -0.730. The van der Waals surface area contributed by atoms with Gasteiger partial charge < -0.3 is 0 Å². The zero-order chi connectivity index (χ0) is 10.6. The number of aromatic nitrogens is 2. The molecule has 0 bridgehead atoms. The number of aromatic amines is 1. The van der Waals surface area contributed by atoms with E-state index in [1.807, 2.05) is 0 Å². The molecule has 0 saturated heterocycles. The molecule has 1 unspecified atom stereocenters. The third-order valence-corrected chi connectivity index (χ3v) is 3.67. The summed E-state index contributed by atoms with van der Waals surface area (Å²) in [6.45, 7) is 0.163. The van der Waals surface area contributed by atoms with Gasteiger partial charge in [-0.25, -0.2) is 13.1 Å².